The van der Waals surface area contributed by atoms with Crippen molar-refractivity contribution >= 4 is 18.0 Å². The van der Waals surface area contributed by atoms with E-state index in [0.717, 1.165) is 11.1 Å². The molecule has 0 N–H and O–H groups in total. The molecule has 0 aliphatic carbocycles. The van der Waals surface area contributed by atoms with Crippen molar-refractivity contribution in [2.45, 2.75) is 19.0 Å². The molecule has 5 nitrogen and oxygen atoms in total. The van der Waals surface area contributed by atoms with Gasteiger partial charge in [-0.1, -0.05) is 41.6 Å². The Balaban J connectivity index is 2.43. The summed E-state index contributed by atoms with van der Waals surface area (Å²) in [5.41, 5.74) is 2.17. The lowest BCUT2D eigenvalue weighted by Crippen LogP contribution is -2.23. The smallest absolute Gasteiger partial charge is 0.265 e. The number of hydrogen-bond donors (Lipinski definition) is 0. The fraction of sp³-hybridized carbons (Fsp3) is 0.231. The highest BCUT2D eigenvalue weighted by Crippen LogP contribution is 2.08. The molecule has 0 spiro atoms. The third-order valence-electron chi connectivity index (χ3n) is 2.52. The summed E-state index contributed by atoms with van der Waals surface area (Å²) in [5.74, 6) is 0. The third kappa shape index (κ3) is 3.08. The molecule has 1 aromatic heterocycles. The van der Waals surface area contributed by atoms with Crippen LogP contribution < -0.4 is 5.56 Å². The number of aryl methyl sites for hydroxylation is 2. The van der Waals surface area contributed by atoms with Crippen LogP contribution in [0.1, 0.15) is 16.8 Å². The molecule has 19 heavy (non-hydrogen) atoms. The van der Waals surface area contributed by atoms with E-state index in [1.807, 2.05) is 37.4 Å². The Bertz CT molecular complexity index is 679. The van der Waals surface area contributed by atoms with Gasteiger partial charge in [-0.2, -0.15) is 9.78 Å². The maximum absolute atomic E-state index is 12.0. The van der Waals surface area contributed by atoms with E-state index in [1.54, 1.807) is 13.1 Å². The quantitative estimate of drug-likeness (QED) is 0.633. The average Bonchev–Trinajstić information content (AvgIpc) is 2.40. The molecule has 0 unspecified atom stereocenters. The minimum Gasteiger partial charge on any atom is -0.265 e. The highest BCUT2D eigenvalue weighted by molar-refractivity contribution is 7.98. The SMILES string of the molecule is CSc1nnc(C)c(=O)n1/N=C\c1cccc(C)c1. The zero-order valence-electron chi connectivity index (χ0n) is 11.0. The molecule has 2 rings (SSSR count). The van der Waals surface area contributed by atoms with Gasteiger partial charge in [-0.05, 0) is 25.7 Å². The van der Waals surface area contributed by atoms with Crippen LogP contribution in [0.4, 0.5) is 0 Å². The number of hydrogen-bond acceptors (Lipinski definition) is 5. The van der Waals surface area contributed by atoms with Gasteiger partial charge in [-0.3, -0.25) is 4.79 Å². The van der Waals surface area contributed by atoms with Crippen LogP contribution in [0.5, 0.6) is 0 Å². The molecule has 0 aliphatic heterocycles. The van der Waals surface area contributed by atoms with Crippen molar-refractivity contribution in [1.82, 2.24) is 14.9 Å². The number of rotatable bonds is 3. The molecule has 1 heterocycles. The van der Waals surface area contributed by atoms with E-state index in [4.69, 9.17) is 0 Å². The predicted octanol–water partition coefficient (Wildman–Crippen LogP) is 1.86. The van der Waals surface area contributed by atoms with Gasteiger partial charge in [0.05, 0.1) is 6.21 Å². The van der Waals surface area contributed by atoms with Crippen molar-refractivity contribution in [2.24, 2.45) is 5.10 Å². The zero-order valence-corrected chi connectivity index (χ0v) is 11.8. The van der Waals surface area contributed by atoms with Gasteiger partial charge in [0.15, 0.2) is 0 Å². The summed E-state index contributed by atoms with van der Waals surface area (Å²) in [7, 11) is 0. The van der Waals surface area contributed by atoms with Gasteiger partial charge in [-0.25, -0.2) is 0 Å². The summed E-state index contributed by atoms with van der Waals surface area (Å²) < 4.78 is 1.27. The van der Waals surface area contributed by atoms with Crippen LogP contribution in [0.15, 0.2) is 39.3 Å². The van der Waals surface area contributed by atoms with Crippen molar-refractivity contribution in [3.05, 3.63) is 51.4 Å². The number of thioether (sulfide) groups is 1. The lowest BCUT2D eigenvalue weighted by molar-refractivity contribution is 0.635. The molecule has 0 radical (unpaired) electrons. The summed E-state index contributed by atoms with van der Waals surface area (Å²) in [6, 6.07) is 7.89. The molecule has 0 amide bonds. The Hall–Kier alpha value is -1.95. The van der Waals surface area contributed by atoms with Crippen molar-refractivity contribution in [1.29, 1.82) is 0 Å². The molecule has 0 saturated carbocycles. The van der Waals surface area contributed by atoms with E-state index in [9.17, 15) is 4.79 Å². The molecule has 2 aromatic rings. The topological polar surface area (TPSA) is 60.1 Å². The molecular formula is C13H14N4OS. The van der Waals surface area contributed by atoms with Crippen molar-refractivity contribution < 1.29 is 0 Å². The minimum absolute atomic E-state index is 0.247. The van der Waals surface area contributed by atoms with Crippen LogP contribution in [0.25, 0.3) is 0 Å². The van der Waals surface area contributed by atoms with Crippen LogP contribution in [0, 0.1) is 13.8 Å². The van der Waals surface area contributed by atoms with Crippen LogP contribution >= 0.6 is 11.8 Å². The predicted molar refractivity (Wildman–Crippen MR) is 77.0 cm³/mol. The van der Waals surface area contributed by atoms with Crippen LogP contribution in [0.2, 0.25) is 0 Å². The van der Waals surface area contributed by atoms with Gasteiger partial charge in [0.2, 0.25) is 5.16 Å². The van der Waals surface area contributed by atoms with Crippen LogP contribution in [-0.2, 0) is 0 Å². The highest BCUT2D eigenvalue weighted by atomic mass is 32.2. The lowest BCUT2D eigenvalue weighted by Gasteiger charge is -2.03. The zero-order chi connectivity index (χ0) is 13.8. The van der Waals surface area contributed by atoms with Crippen molar-refractivity contribution in [2.75, 3.05) is 6.26 Å². The number of benzene rings is 1. The number of nitrogens with zero attached hydrogens (tertiary/aromatic N) is 4. The summed E-state index contributed by atoms with van der Waals surface area (Å²) in [6.45, 7) is 3.63. The second kappa shape index (κ2) is 5.79. The molecular weight excluding hydrogens is 260 g/mol. The maximum Gasteiger partial charge on any atom is 0.296 e. The fourth-order valence-corrected chi connectivity index (χ4v) is 1.97. The van der Waals surface area contributed by atoms with E-state index < -0.39 is 0 Å². The van der Waals surface area contributed by atoms with Gasteiger partial charge >= 0.3 is 0 Å². The van der Waals surface area contributed by atoms with Crippen molar-refractivity contribution in [3.63, 3.8) is 0 Å². The molecule has 0 bridgehead atoms. The highest BCUT2D eigenvalue weighted by Gasteiger charge is 2.06. The van der Waals surface area contributed by atoms with Gasteiger partial charge in [0.25, 0.3) is 5.56 Å². The van der Waals surface area contributed by atoms with Crippen LogP contribution in [-0.4, -0.2) is 27.3 Å². The molecule has 0 atom stereocenters. The summed E-state index contributed by atoms with van der Waals surface area (Å²) in [5, 5.41) is 12.4. The lowest BCUT2D eigenvalue weighted by atomic mass is 10.2. The first kappa shape index (κ1) is 13.5. The van der Waals surface area contributed by atoms with Gasteiger partial charge in [0, 0.05) is 0 Å². The monoisotopic (exact) mass is 274 g/mol. The Morgan fingerprint density at radius 1 is 1.32 bits per heavy atom. The molecule has 0 aliphatic rings. The average molecular weight is 274 g/mol. The summed E-state index contributed by atoms with van der Waals surface area (Å²) in [4.78, 5) is 12.0. The van der Waals surface area contributed by atoms with Crippen LogP contribution in [0.3, 0.4) is 0 Å². The third-order valence-corrected chi connectivity index (χ3v) is 3.14. The van der Waals surface area contributed by atoms with Gasteiger partial charge < -0.3 is 0 Å². The Morgan fingerprint density at radius 2 is 2.11 bits per heavy atom. The van der Waals surface area contributed by atoms with Gasteiger partial charge in [-0.15, -0.1) is 10.2 Å². The summed E-state index contributed by atoms with van der Waals surface area (Å²) in [6.07, 6.45) is 3.48. The molecule has 1 aromatic carbocycles. The standard InChI is InChI=1S/C13H14N4OS/c1-9-5-4-6-11(7-9)8-14-17-12(18)10(2)15-16-13(17)19-3/h4-8H,1-3H3/b14-8-. The van der Waals surface area contributed by atoms with Gasteiger partial charge in [0.1, 0.15) is 5.69 Å². The molecule has 6 heteroatoms. The second-order valence-corrected chi connectivity index (χ2v) is 4.82. The number of aromatic nitrogens is 3. The second-order valence-electron chi connectivity index (χ2n) is 4.05. The first-order valence-electron chi connectivity index (χ1n) is 5.73. The normalized spacial score (nSPS) is 11.1. The fourth-order valence-electron chi connectivity index (χ4n) is 1.55. The summed E-state index contributed by atoms with van der Waals surface area (Å²) >= 11 is 1.33. The molecule has 98 valence electrons. The van der Waals surface area contributed by atoms with E-state index in [2.05, 4.69) is 15.3 Å². The van der Waals surface area contributed by atoms with E-state index in [1.165, 1.54) is 16.4 Å². The van der Waals surface area contributed by atoms with E-state index in [0.29, 0.717) is 10.9 Å². The van der Waals surface area contributed by atoms with E-state index >= 15 is 0 Å². The minimum atomic E-state index is -0.247. The van der Waals surface area contributed by atoms with Crippen molar-refractivity contribution in [3.8, 4) is 0 Å². The molecule has 0 fully saturated rings. The molecule has 0 saturated heterocycles. The Kier molecular flexibility index (Phi) is 4.11. The Morgan fingerprint density at radius 3 is 2.79 bits per heavy atom. The maximum atomic E-state index is 12.0. The Labute approximate surface area is 115 Å². The first-order chi connectivity index (χ1) is 9.11. The van der Waals surface area contributed by atoms with E-state index in [-0.39, 0.29) is 5.56 Å². The largest absolute Gasteiger partial charge is 0.296 e. The first-order valence-corrected chi connectivity index (χ1v) is 6.95.